The Labute approximate surface area is 132 Å². The Morgan fingerprint density at radius 2 is 2.10 bits per heavy atom. The van der Waals surface area contributed by atoms with Crippen LogP contribution in [0.4, 0.5) is 0 Å². The van der Waals surface area contributed by atoms with Gasteiger partial charge in [0.2, 0.25) is 10.0 Å². The molecule has 1 aromatic carbocycles. The zero-order valence-electron chi connectivity index (χ0n) is 11.8. The van der Waals surface area contributed by atoms with Crippen molar-refractivity contribution in [3.63, 3.8) is 0 Å². The van der Waals surface area contributed by atoms with Crippen LogP contribution in [0.5, 0.6) is 0 Å². The average molecular weight is 377 g/mol. The first-order valence-corrected chi connectivity index (χ1v) is 8.66. The van der Waals surface area contributed by atoms with E-state index in [1.165, 1.54) is 22.5 Å². The fourth-order valence-corrected chi connectivity index (χ4v) is 4.26. The zero-order chi connectivity index (χ0) is 15.8. The van der Waals surface area contributed by atoms with E-state index in [1.807, 2.05) is 19.0 Å². The van der Waals surface area contributed by atoms with Crippen LogP contribution in [0.25, 0.3) is 0 Å². The van der Waals surface area contributed by atoms with Crippen molar-refractivity contribution in [3.05, 3.63) is 28.2 Å². The highest BCUT2D eigenvalue weighted by atomic mass is 79.9. The number of carboxylic acids is 1. The normalized spacial score (nSPS) is 20.1. The van der Waals surface area contributed by atoms with E-state index < -0.39 is 16.0 Å². The van der Waals surface area contributed by atoms with E-state index >= 15 is 0 Å². The van der Waals surface area contributed by atoms with Crippen LogP contribution in [0.2, 0.25) is 0 Å². The van der Waals surface area contributed by atoms with E-state index in [-0.39, 0.29) is 16.5 Å². The molecular formula is C13H17BrN2O4S. The lowest BCUT2D eigenvalue weighted by molar-refractivity contribution is 0.0695. The molecule has 0 spiro atoms. The van der Waals surface area contributed by atoms with Gasteiger partial charge in [0.15, 0.2) is 0 Å². The van der Waals surface area contributed by atoms with Crippen LogP contribution in [0.3, 0.4) is 0 Å². The molecule has 1 aliphatic rings. The lowest BCUT2D eigenvalue weighted by atomic mass is 10.2. The Bertz CT molecular complexity index is 660. The van der Waals surface area contributed by atoms with Gasteiger partial charge in [0.25, 0.3) is 0 Å². The van der Waals surface area contributed by atoms with E-state index in [4.69, 9.17) is 5.11 Å². The van der Waals surface area contributed by atoms with Crippen LogP contribution in [-0.4, -0.2) is 61.9 Å². The summed E-state index contributed by atoms with van der Waals surface area (Å²) in [7, 11) is 0.184. The molecular weight excluding hydrogens is 360 g/mol. The molecule has 0 radical (unpaired) electrons. The van der Waals surface area contributed by atoms with E-state index in [1.54, 1.807) is 0 Å². The number of benzene rings is 1. The lowest BCUT2D eigenvalue weighted by Crippen LogP contribution is -2.34. The van der Waals surface area contributed by atoms with Gasteiger partial charge in [-0.3, -0.25) is 0 Å². The molecule has 21 heavy (non-hydrogen) atoms. The molecule has 0 amide bonds. The minimum absolute atomic E-state index is 0.0162. The van der Waals surface area contributed by atoms with Gasteiger partial charge in [-0.2, -0.15) is 4.31 Å². The second-order valence-corrected chi connectivity index (χ2v) is 8.01. The van der Waals surface area contributed by atoms with Gasteiger partial charge in [-0.25, -0.2) is 13.2 Å². The largest absolute Gasteiger partial charge is 0.478 e. The monoisotopic (exact) mass is 376 g/mol. The number of carbonyl (C=O) groups is 1. The van der Waals surface area contributed by atoms with Crippen molar-refractivity contribution in [2.45, 2.75) is 17.4 Å². The maximum absolute atomic E-state index is 12.6. The molecule has 1 heterocycles. The zero-order valence-corrected chi connectivity index (χ0v) is 14.2. The third-order valence-corrected chi connectivity index (χ3v) is 6.22. The fraction of sp³-hybridized carbons (Fsp3) is 0.462. The molecule has 6 nitrogen and oxygen atoms in total. The van der Waals surface area contributed by atoms with Crippen LogP contribution in [-0.2, 0) is 10.0 Å². The van der Waals surface area contributed by atoms with Gasteiger partial charge in [0, 0.05) is 23.6 Å². The van der Waals surface area contributed by atoms with E-state index in [2.05, 4.69) is 15.9 Å². The molecule has 8 heteroatoms. The summed E-state index contributed by atoms with van der Waals surface area (Å²) >= 11 is 3.11. The molecule has 1 saturated heterocycles. The van der Waals surface area contributed by atoms with Gasteiger partial charge in [-0.15, -0.1) is 0 Å². The van der Waals surface area contributed by atoms with Crippen LogP contribution in [0, 0.1) is 0 Å². The minimum atomic E-state index is -3.66. The minimum Gasteiger partial charge on any atom is -0.478 e. The Hall–Kier alpha value is -0.960. The van der Waals surface area contributed by atoms with Gasteiger partial charge < -0.3 is 10.0 Å². The number of likely N-dealkylation sites (N-methyl/N-ethyl adjacent to an activating group) is 1. The molecule has 1 unspecified atom stereocenters. The number of hydrogen-bond acceptors (Lipinski definition) is 4. The molecule has 2 rings (SSSR count). The maximum atomic E-state index is 12.6. The van der Waals surface area contributed by atoms with Gasteiger partial charge in [0.1, 0.15) is 0 Å². The second kappa shape index (κ2) is 6.04. The average Bonchev–Trinajstić information content (AvgIpc) is 2.89. The molecule has 0 bridgehead atoms. The number of rotatable bonds is 4. The second-order valence-electron chi connectivity index (χ2n) is 5.22. The molecule has 0 aromatic heterocycles. The number of sulfonamides is 1. The van der Waals surface area contributed by atoms with Gasteiger partial charge in [-0.05, 0) is 54.6 Å². The van der Waals surface area contributed by atoms with E-state index in [0.29, 0.717) is 17.6 Å². The van der Waals surface area contributed by atoms with Crippen molar-refractivity contribution in [3.8, 4) is 0 Å². The van der Waals surface area contributed by atoms with Gasteiger partial charge >= 0.3 is 5.97 Å². The molecule has 0 saturated carbocycles. The first-order chi connectivity index (χ1) is 9.73. The molecule has 1 N–H and O–H groups in total. The predicted molar refractivity (Wildman–Crippen MR) is 82.0 cm³/mol. The summed E-state index contributed by atoms with van der Waals surface area (Å²) < 4.78 is 26.9. The summed E-state index contributed by atoms with van der Waals surface area (Å²) in [5.41, 5.74) is -0.0561. The Kier molecular flexibility index (Phi) is 4.72. The molecule has 1 fully saturated rings. The number of hydrogen-bond donors (Lipinski definition) is 1. The van der Waals surface area contributed by atoms with Crippen molar-refractivity contribution < 1.29 is 18.3 Å². The smallest absolute Gasteiger partial charge is 0.336 e. The highest BCUT2D eigenvalue weighted by Gasteiger charge is 2.33. The van der Waals surface area contributed by atoms with Crippen molar-refractivity contribution in [1.82, 2.24) is 9.21 Å². The molecule has 1 atom stereocenters. The van der Waals surface area contributed by atoms with Gasteiger partial charge in [0.05, 0.1) is 10.5 Å². The van der Waals surface area contributed by atoms with Gasteiger partial charge in [-0.1, -0.05) is 0 Å². The van der Waals surface area contributed by atoms with Crippen molar-refractivity contribution in [2.24, 2.45) is 0 Å². The highest BCUT2D eigenvalue weighted by Crippen LogP contribution is 2.26. The third-order valence-electron chi connectivity index (χ3n) is 3.66. The molecule has 1 aromatic rings. The molecule has 1 aliphatic heterocycles. The standard InChI is InChI=1S/C13H17BrN2O4S/c1-15(2)9-5-6-16(8-9)21(19,20)10-3-4-12(14)11(7-10)13(17)18/h3-4,7,9H,5-6,8H2,1-2H3,(H,17,18). The third kappa shape index (κ3) is 3.28. The van der Waals surface area contributed by atoms with Crippen LogP contribution < -0.4 is 0 Å². The number of aromatic carboxylic acids is 1. The molecule has 0 aliphatic carbocycles. The highest BCUT2D eigenvalue weighted by molar-refractivity contribution is 9.10. The van der Waals surface area contributed by atoms with Crippen LogP contribution >= 0.6 is 15.9 Å². The number of nitrogens with zero attached hydrogens (tertiary/aromatic N) is 2. The fourth-order valence-electron chi connectivity index (χ4n) is 2.33. The lowest BCUT2D eigenvalue weighted by Gasteiger charge is -2.20. The summed E-state index contributed by atoms with van der Waals surface area (Å²) in [5.74, 6) is -1.16. The van der Waals surface area contributed by atoms with E-state index in [0.717, 1.165) is 6.42 Å². The first-order valence-electron chi connectivity index (χ1n) is 6.43. The van der Waals surface area contributed by atoms with Crippen LogP contribution in [0.1, 0.15) is 16.8 Å². The summed E-state index contributed by atoms with van der Waals surface area (Å²) in [4.78, 5) is 13.1. The topological polar surface area (TPSA) is 77.9 Å². The van der Waals surface area contributed by atoms with Crippen molar-refractivity contribution >= 4 is 31.9 Å². The SMILES string of the molecule is CN(C)C1CCN(S(=O)(=O)c2ccc(Br)c(C(=O)O)c2)C1. The maximum Gasteiger partial charge on any atom is 0.336 e. The molecule has 116 valence electrons. The Balaban J connectivity index is 2.33. The quantitative estimate of drug-likeness (QED) is 0.860. The summed E-state index contributed by atoms with van der Waals surface area (Å²) in [6.45, 7) is 0.872. The summed E-state index contributed by atoms with van der Waals surface area (Å²) in [5, 5.41) is 9.09. The van der Waals surface area contributed by atoms with Crippen LogP contribution in [0.15, 0.2) is 27.6 Å². The van der Waals surface area contributed by atoms with Crippen molar-refractivity contribution in [2.75, 3.05) is 27.2 Å². The predicted octanol–water partition coefficient (Wildman–Crippen LogP) is 1.47. The first kappa shape index (κ1) is 16.4. The Morgan fingerprint density at radius 1 is 1.43 bits per heavy atom. The van der Waals surface area contributed by atoms with Crippen molar-refractivity contribution in [1.29, 1.82) is 0 Å². The number of halogens is 1. The number of carboxylic acid groups (broad SMARTS) is 1. The Morgan fingerprint density at radius 3 is 2.62 bits per heavy atom. The summed E-state index contributed by atoms with van der Waals surface area (Å²) in [6, 6.07) is 4.27. The summed E-state index contributed by atoms with van der Waals surface area (Å²) in [6.07, 6.45) is 0.772. The van der Waals surface area contributed by atoms with E-state index in [9.17, 15) is 13.2 Å².